The highest BCUT2D eigenvalue weighted by Gasteiger charge is 2.28. The number of amides is 1. The molecule has 1 amide bonds. The first-order valence-corrected chi connectivity index (χ1v) is 6.82. The van der Waals surface area contributed by atoms with Gasteiger partial charge in [-0.1, -0.05) is 18.5 Å². The molecule has 2 heterocycles. The van der Waals surface area contributed by atoms with Crippen LogP contribution in [0.3, 0.4) is 0 Å². The molecule has 6 nitrogen and oxygen atoms in total. The van der Waals surface area contributed by atoms with Gasteiger partial charge in [0.05, 0.1) is 6.20 Å². The van der Waals surface area contributed by atoms with Gasteiger partial charge in [0.15, 0.2) is 5.82 Å². The van der Waals surface area contributed by atoms with Gasteiger partial charge in [-0.25, -0.2) is 4.98 Å². The summed E-state index contributed by atoms with van der Waals surface area (Å²) in [5, 5.41) is 6.40. The highest BCUT2D eigenvalue weighted by atomic mass is 35.5. The van der Waals surface area contributed by atoms with Crippen molar-refractivity contribution in [1.82, 2.24) is 15.3 Å². The molecule has 0 saturated carbocycles. The first-order valence-electron chi connectivity index (χ1n) is 6.44. The zero-order valence-corrected chi connectivity index (χ0v) is 11.9. The van der Waals surface area contributed by atoms with Gasteiger partial charge >= 0.3 is 0 Å². The first-order chi connectivity index (χ1) is 9.13. The summed E-state index contributed by atoms with van der Waals surface area (Å²) in [4.78, 5) is 22.1. The Labute approximate surface area is 117 Å². The molecule has 1 fully saturated rings. The van der Waals surface area contributed by atoms with Crippen molar-refractivity contribution >= 4 is 29.3 Å². The molecule has 2 rings (SSSR count). The molecule has 0 aromatic carbocycles. The second kappa shape index (κ2) is 6.06. The van der Waals surface area contributed by atoms with Crippen molar-refractivity contribution < 1.29 is 4.79 Å². The fourth-order valence-electron chi connectivity index (χ4n) is 1.95. The third-order valence-electron chi connectivity index (χ3n) is 3.03. The van der Waals surface area contributed by atoms with E-state index in [4.69, 9.17) is 11.6 Å². The van der Waals surface area contributed by atoms with Crippen molar-refractivity contribution in [2.24, 2.45) is 0 Å². The van der Waals surface area contributed by atoms with Crippen LogP contribution in [-0.2, 0) is 4.79 Å². The topological polar surface area (TPSA) is 70.2 Å². The molecule has 104 valence electrons. The number of hydrogen-bond acceptors (Lipinski definition) is 5. The molecule has 19 heavy (non-hydrogen) atoms. The van der Waals surface area contributed by atoms with Gasteiger partial charge in [-0.05, 0) is 13.3 Å². The van der Waals surface area contributed by atoms with Gasteiger partial charge in [0.2, 0.25) is 11.9 Å². The Morgan fingerprint density at radius 2 is 2.42 bits per heavy atom. The minimum Gasteiger partial charge on any atom is -0.354 e. The summed E-state index contributed by atoms with van der Waals surface area (Å²) in [5.74, 6) is 1.14. The number of halogens is 1. The summed E-state index contributed by atoms with van der Waals surface area (Å²) >= 11 is 6.15. The van der Waals surface area contributed by atoms with Gasteiger partial charge in [-0.2, -0.15) is 4.98 Å². The van der Waals surface area contributed by atoms with E-state index in [0.717, 1.165) is 13.0 Å². The normalized spacial score (nSPS) is 19.2. The van der Waals surface area contributed by atoms with Crippen LogP contribution < -0.4 is 15.5 Å². The molecule has 0 radical (unpaired) electrons. The largest absolute Gasteiger partial charge is 0.354 e. The maximum atomic E-state index is 11.7. The van der Waals surface area contributed by atoms with E-state index in [1.54, 1.807) is 6.20 Å². The Bertz CT molecular complexity index is 467. The number of nitrogens with zero attached hydrogens (tertiary/aromatic N) is 3. The molecule has 0 bridgehead atoms. The van der Waals surface area contributed by atoms with Gasteiger partial charge < -0.3 is 15.5 Å². The van der Waals surface area contributed by atoms with Gasteiger partial charge in [0, 0.05) is 19.6 Å². The number of piperazine rings is 1. The molecule has 1 unspecified atom stereocenters. The lowest BCUT2D eigenvalue weighted by atomic mass is 10.2. The first kappa shape index (κ1) is 13.9. The monoisotopic (exact) mass is 283 g/mol. The van der Waals surface area contributed by atoms with Crippen LogP contribution in [0.1, 0.15) is 20.3 Å². The Morgan fingerprint density at radius 3 is 3.16 bits per heavy atom. The molecule has 1 aromatic rings. The number of carbonyl (C=O) groups is 1. The second-order valence-electron chi connectivity index (χ2n) is 4.45. The van der Waals surface area contributed by atoms with Crippen LogP contribution in [0, 0.1) is 0 Å². The van der Waals surface area contributed by atoms with Crippen LogP contribution in [0.2, 0.25) is 5.02 Å². The van der Waals surface area contributed by atoms with Crippen LogP contribution in [0.25, 0.3) is 0 Å². The maximum absolute atomic E-state index is 11.7. The van der Waals surface area contributed by atoms with Gasteiger partial charge in [-0.15, -0.1) is 0 Å². The SMILES string of the molecule is CCCNc1ncc(Cl)c(N2CCNC(=O)C2C)n1. The molecule has 1 aliphatic heterocycles. The summed E-state index contributed by atoms with van der Waals surface area (Å²) < 4.78 is 0. The van der Waals surface area contributed by atoms with E-state index in [0.29, 0.717) is 29.9 Å². The van der Waals surface area contributed by atoms with Crippen molar-refractivity contribution in [3.63, 3.8) is 0 Å². The fourth-order valence-corrected chi connectivity index (χ4v) is 2.15. The van der Waals surface area contributed by atoms with Crippen molar-refractivity contribution in [2.45, 2.75) is 26.3 Å². The number of nitrogens with one attached hydrogen (secondary N) is 2. The van der Waals surface area contributed by atoms with E-state index in [1.165, 1.54) is 0 Å². The van der Waals surface area contributed by atoms with E-state index in [1.807, 2.05) is 11.8 Å². The zero-order chi connectivity index (χ0) is 13.8. The van der Waals surface area contributed by atoms with Crippen molar-refractivity contribution in [3.8, 4) is 0 Å². The summed E-state index contributed by atoms with van der Waals surface area (Å²) in [7, 11) is 0. The molecule has 1 aliphatic rings. The lowest BCUT2D eigenvalue weighted by Crippen LogP contribution is -2.54. The molecular weight excluding hydrogens is 266 g/mol. The maximum Gasteiger partial charge on any atom is 0.242 e. The number of carbonyl (C=O) groups excluding carboxylic acids is 1. The second-order valence-corrected chi connectivity index (χ2v) is 4.86. The van der Waals surface area contributed by atoms with E-state index < -0.39 is 0 Å². The van der Waals surface area contributed by atoms with E-state index in [2.05, 4.69) is 27.5 Å². The predicted molar refractivity (Wildman–Crippen MR) is 75.6 cm³/mol. The van der Waals surface area contributed by atoms with Crippen LogP contribution in [0.5, 0.6) is 0 Å². The molecule has 0 spiro atoms. The van der Waals surface area contributed by atoms with Gasteiger partial charge in [0.25, 0.3) is 0 Å². The number of rotatable bonds is 4. The van der Waals surface area contributed by atoms with Gasteiger partial charge in [0.1, 0.15) is 11.1 Å². The average molecular weight is 284 g/mol. The third-order valence-corrected chi connectivity index (χ3v) is 3.30. The lowest BCUT2D eigenvalue weighted by Gasteiger charge is -2.34. The molecule has 7 heteroatoms. The van der Waals surface area contributed by atoms with Crippen molar-refractivity contribution in [2.75, 3.05) is 29.9 Å². The molecule has 1 aromatic heterocycles. The Morgan fingerprint density at radius 1 is 1.63 bits per heavy atom. The number of hydrogen-bond donors (Lipinski definition) is 2. The quantitative estimate of drug-likeness (QED) is 0.871. The Hall–Kier alpha value is -1.56. The Balaban J connectivity index is 2.24. The van der Waals surface area contributed by atoms with Crippen molar-refractivity contribution in [3.05, 3.63) is 11.2 Å². The standard InChI is InChI=1S/C12H18ClN5O/c1-3-4-15-12-16-7-9(13)10(17-12)18-6-5-14-11(19)8(18)2/h7-8H,3-6H2,1-2H3,(H,14,19)(H,15,16,17). The molecule has 2 N–H and O–H groups in total. The smallest absolute Gasteiger partial charge is 0.242 e. The molecule has 1 atom stereocenters. The molecular formula is C12H18ClN5O. The molecule has 1 saturated heterocycles. The van der Waals surface area contributed by atoms with E-state index in [-0.39, 0.29) is 11.9 Å². The zero-order valence-electron chi connectivity index (χ0n) is 11.1. The van der Waals surface area contributed by atoms with Gasteiger partial charge in [-0.3, -0.25) is 4.79 Å². The summed E-state index contributed by atoms with van der Waals surface area (Å²) in [6.45, 7) is 6.00. The van der Waals surface area contributed by atoms with Crippen LogP contribution in [0.4, 0.5) is 11.8 Å². The summed E-state index contributed by atoms with van der Waals surface area (Å²) in [6.07, 6.45) is 2.56. The number of aromatic nitrogens is 2. The van der Waals surface area contributed by atoms with E-state index in [9.17, 15) is 4.79 Å². The van der Waals surface area contributed by atoms with Crippen LogP contribution in [0.15, 0.2) is 6.20 Å². The summed E-state index contributed by atoms with van der Waals surface area (Å²) in [6, 6.07) is -0.278. The summed E-state index contributed by atoms with van der Waals surface area (Å²) in [5.41, 5.74) is 0. The highest BCUT2D eigenvalue weighted by Crippen LogP contribution is 2.26. The van der Waals surface area contributed by atoms with Crippen LogP contribution >= 0.6 is 11.6 Å². The van der Waals surface area contributed by atoms with E-state index >= 15 is 0 Å². The Kier molecular flexibility index (Phi) is 4.42. The fraction of sp³-hybridized carbons (Fsp3) is 0.583. The van der Waals surface area contributed by atoms with Crippen molar-refractivity contribution in [1.29, 1.82) is 0 Å². The van der Waals surface area contributed by atoms with Crippen LogP contribution in [-0.4, -0.2) is 41.6 Å². The minimum absolute atomic E-state index is 0.0102. The lowest BCUT2D eigenvalue weighted by molar-refractivity contribution is -0.122. The number of anilines is 2. The third kappa shape index (κ3) is 3.07. The highest BCUT2D eigenvalue weighted by molar-refractivity contribution is 6.32. The minimum atomic E-state index is -0.278. The predicted octanol–water partition coefficient (Wildman–Crippen LogP) is 1.28. The average Bonchev–Trinajstić information content (AvgIpc) is 2.41. The molecule has 0 aliphatic carbocycles.